The highest BCUT2D eigenvalue weighted by molar-refractivity contribution is 8.06. The van der Waals surface area contributed by atoms with E-state index in [0.29, 0.717) is 27.0 Å². The van der Waals surface area contributed by atoms with Crippen molar-refractivity contribution in [2.45, 2.75) is 13.8 Å². The molecule has 6 nitrogen and oxygen atoms in total. The Morgan fingerprint density at radius 1 is 1.03 bits per heavy atom. The summed E-state index contributed by atoms with van der Waals surface area (Å²) < 4.78 is 1.62. The number of rotatable bonds is 3. The molecule has 1 aliphatic rings. The van der Waals surface area contributed by atoms with Crippen molar-refractivity contribution in [2.75, 3.05) is 4.90 Å². The van der Waals surface area contributed by atoms with Crippen LogP contribution in [-0.4, -0.2) is 14.6 Å². The van der Waals surface area contributed by atoms with Crippen LogP contribution in [0.25, 0.3) is 16.9 Å². The number of aromatic nitrogens is 3. The van der Waals surface area contributed by atoms with Gasteiger partial charge in [-0.1, -0.05) is 53.7 Å². The maximum absolute atomic E-state index is 10.3. The molecule has 0 amide bonds. The van der Waals surface area contributed by atoms with Gasteiger partial charge in [-0.2, -0.15) is 15.6 Å². The van der Waals surface area contributed by atoms with E-state index in [0.717, 1.165) is 28.3 Å². The van der Waals surface area contributed by atoms with Crippen LogP contribution in [0, 0.1) is 36.5 Å². The number of halogens is 1. The minimum absolute atomic E-state index is 0.282. The van der Waals surface area contributed by atoms with Gasteiger partial charge in [0.05, 0.1) is 5.70 Å². The predicted octanol–water partition coefficient (Wildman–Crippen LogP) is 6.32. The maximum Gasteiger partial charge on any atom is 0.174 e. The van der Waals surface area contributed by atoms with E-state index in [1.807, 2.05) is 84.8 Å². The summed E-state index contributed by atoms with van der Waals surface area (Å²) in [6, 6.07) is 23.8. The highest BCUT2D eigenvalue weighted by Crippen LogP contribution is 2.46. The fourth-order valence-electron chi connectivity index (χ4n) is 3.95. The normalized spacial score (nSPS) is 14.6. The highest BCUT2D eigenvalue weighted by Gasteiger charge is 2.31. The molecule has 0 saturated heterocycles. The van der Waals surface area contributed by atoms with Crippen LogP contribution in [0.15, 0.2) is 71.1 Å². The highest BCUT2D eigenvalue weighted by atomic mass is 35.5. The average molecular weight is 481 g/mol. The van der Waals surface area contributed by atoms with Crippen LogP contribution in [0.2, 0.25) is 5.02 Å². The molecule has 0 radical (unpaired) electrons. The molecule has 0 saturated carbocycles. The van der Waals surface area contributed by atoms with Crippen molar-refractivity contribution in [2.24, 2.45) is 0 Å². The van der Waals surface area contributed by atoms with E-state index >= 15 is 0 Å². The molecule has 0 spiro atoms. The number of aryl methyl sites for hydroxylation is 2. The van der Waals surface area contributed by atoms with Crippen molar-refractivity contribution in [3.05, 3.63) is 104 Å². The van der Waals surface area contributed by atoms with Crippen LogP contribution in [0.4, 0.5) is 5.69 Å². The zero-order chi connectivity index (χ0) is 23.8. The zero-order valence-corrected chi connectivity index (χ0v) is 19.9. The second kappa shape index (κ2) is 8.72. The Morgan fingerprint density at radius 3 is 2.44 bits per heavy atom. The van der Waals surface area contributed by atoms with Gasteiger partial charge in [0.1, 0.15) is 34.0 Å². The molecule has 2 aromatic carbocycles. The SMILES string of the molecule is Cc1cc(C)n2nc(/C(C#N)=C3\SC=C(c4ccc(Cl)cc4)N3c3ccccc3)c(C#N)c2n1. The average Bonchev–Trinajstić information content (AvgIpc) is 3.43. The molecule has 4 aromatic rings. The molecule has 0 fully saturated rings. The van der Waals surface area contributed by atoms with Gasteiger partial charge in [-0.3, -0.25) is 0 Å². The van der Waals surface area contributed by atoms with E-state index in [9.17, 15) is 10.5 Å². The molecule has 5 rings (SSSR count). The Kier molecular flexibility index (Phi) is 5.59. The lowest BCUT2D eigenvalue weighted by Crippen LogP contribution is -2.17. The summed E-state index contributed by atoms with van der Waals surface area (Å²) in [5.41, 5.74) is 5.74. The van der Waals surface area contributed by atoms with Gasteiger partial charge >= 0.3 is 0 Å². The third-order valence-corrected chi connectivity index (χ3v) is 6.65. The molecule has 0 atom stereocenters. The minimum Gasteiger partial charge on any atom is -0.302 e. The van der Waals surface area contributed by atoms with E-state index in [4.69, 9.17) is 11.6 Å². The number of para-hydroxylation sites is 1. The fraction of sp³-hybridized carbons (Fsp3) is 0.0769. The number of allylic oxidation sites excluding steroid dienone is 1. The molecule has 3 heterocycles. The van der Waals surface area contributed by atoms with E-state index in [-0.39, 0.29) is 5.56 Å². The van der Waals surface area contributed by atoms with Crippen LogP contribution < -0.4 is 4.90 Å². The first-order valence-corrected chi connectivity index (χ1v) is 11.7. The summed E-state index contributed by atoms with van der Waals surface area (Å²) in [4.78, 5) is 6.54. The van der Waals surface area contributed by atoms with E-state index in [2.05, 4.69) is 22.2 Å². The van der Waals surface area contributed by atoms with Crippen molar-refractivity contribution in [1.29, 1.82) is 10.5 Å². The van der Waals surface area contributed by atoms with Crippen molar-refractivity contribution in [1.82, 2.24) is 14.6 Å². The Hall–Kier alpha value is -4.04. The van der Waals surface area contributed by atoms with Crippen LogP contribution in [0.5, 0.6) is 0 Å². The smallest absolute Gasteiger partial charge is 0.174 e. The number of anilines is 1. The Balaban J connectivity index is 1.75. The van der Waals surface area contributed by atoms with Gasteiger partial charge in [-0.15, -0.1) is 0 Å². The standard InChI is InChI=1S/C26H17ClN6S/c1-16-12-17(2)33-25(30-16)21(13-28)24(31-33)22(14-29)26-32(20-6-4-3-5-7-20)23(15-34-26)18-8-10-19(27)11-9-18/h3-12,15H,1-2H3/b26-22-. The largest absolute Gasteiger partial charge is 0.302 e. The van der Waals surface area contributed by atoms with Crippen molar-refractivity contribution < 1.29 is 0 Å². The molecule has 34 heavy (non-hydrogen) atoms. The predicted molar refractivity (Wildman–Crippen MR) is 136 cm³/mol. The number of hydrogen-bond acceptors (Lipinski definition) is 6. The molecule has 0 aliphatic carbocycles. The first-order chi connectivity index (χ1) is 16.5. The quantitative estimate of drug-likeness (QED) is 0.319. The summed E-state index contributed by atoms with van der Waals surface area (Å²) in [7, 11) is 0. The fourth-order valence-corrected chi connectivity index (χ4v) is 5.11. The van der Waals surface area contributed by atoms with Crippen molar-refractivity contribution >= 4 is 46.0 Å². The zero-order valence-electron chi connectivity index (χ0n) is 18.3. The van der Waals surface area contributed by atoms with E-state index in [1.54, 1.807) is 4.52 Å². The number of hydrogen-bond donors (Lipinski definition) is 0. The van der Waals surface area contributed by atoms with Gasteiger partial charge < -0.3 is 4.90 Å². The minimum atomic E-state index is 0.282. The van der Waals surface area contributed by atoms with Gasteiger partial charge in [0.2, 0.25) is 0 Å². The van der Waals surface area contributed by atoms with E-state index in [1.165, 1.54) is 11.8 Å². The molecule has 2 aromatic heterocycles. The second-order valence-corrected chi connectivity index (χ2v) is 9.00. The summed E-state index contributed by atoms with van der Waals surface area (Å²) in [6.45, 7) is 3.77. The summed E-state index contributed by atoms with van der Waals surface area (Å²) in [5.74, 6) is 0. The molecule has 164 valence electrons. The van der Waals surface area contributed by atoms with E-state index < -0.39 is 0 Å². The lowest BCUT2D eigenvalue weighted by atomic mass is 10.1. The third kappa shape index (κ3) is 3.62. The van der Waals surface area contributed by atoms with Gasteiger partial charge in [0.15, 0.2) is 5.65 Å². The Morgan fingerprint density at radius 2 is 1.76 bits per heavy atom. The van der Waals surface area contributed by atoms with Crippen molar-refractivity contribution in [3.63, 3.8) is 0 Å². The number of nitrogens with zero attached hydrogens (tertiary/aromatic N) is 6. The first kappa shape index (κ1) is 21.8. The summed E-state index contributed by atoms with van der Waals surface area (Å²) >= 11 is 7.54. The molecule has 1 aliphatic heterocycles. The van der Waals surface area contributed by atoms with Crippen LogP contribution in [0.3, 0.4) is 0 Å². The van der Waals surface area contributed by atoms with Crippen LogP contribution >= 0.6 is 23.4 Å². The van der Waals surface area contributed by atoms with Gasteiger partial charge in [0, 0.05) is 27.5 Å². The molecule has 0 unspecified atom stereocenters. The van der Waals surface area contributed by atoms with Gasteiger partial charge in [-0.25, -0.2) is 9.50 Å². The second-order valence-electron chi connectivity index (χ2n) is 7.70. The van der Waals surface area contributed by atoms with Gasteiger partial charge in [-0.05, 0) is 49.7 Å². The number of thioether (sulfide) groups is 1. The van der Waals surface area contributed by atoms with Gasteiger partial charge in [0.25, 0.3) is 0 Å². The number of benzene rings is 2. The lowest BCUT2D eigenvalue weighted by molar-refractivity contribution is 0.880. The first-order valence-electron chi connectivity index (χ1n) is 10.4. The number of nitriles is 2. The maximum atomic E-state index is 10.3. The monoisotopic (exact) mass is 480 g/mol. The van der Waals surface area contributed by atoms with Crippen LogP contribution in [0.1, 0.15) is 28.2 Å². The third-order valence-electron chi connectivity index (χ3n) is 5.45. The Bertz CT molecular complexity index is 1570. The number of fused-ring (bicyclic) bond motifs is 1. The molecular formula is C26H17ClN6S. The lowest BCUT2D eigenvalue weighted by Gasteiger charge is -2.24. The molecule has 0 N–H and O–H groups in total. The topological polar surface area (TPSA) is 81.0 Å². The summed E-state index contributed by atoms with van der Waals surface area (Å²) in [5, 5.41) is 28.3. The molecular weight excluding hydrogens is 464 g/mol. The van der Waals surface area contributed by atoms with Crippen LogP contribution in [-0.2, 0) is 0 Å². The van der Waals surface area contributed by atoms with Crippen molar-refractivity contribution in [3.8, 4) is 12.1 Å². The molecule has 0 bridgehead atoms. The summed E-state index contributed by atoms with van der Waals surface area (Å²) in [6.07, 6.45) is 0. The Labute approximate surface area is 206 Å². The molecule has 8 heteroatoms.